The predicted molar refractivity (Wildman–Crippen MR) is 99.8 cm³/mol. The highest BCUT2D eigenvalue weighted by atomic mass is 16.2. The molecule has 0 unspecified atom stereocenters. The van der Waals surface area contributed by atoms with Crippen LogP contribution in [-0.2, 0) is 11.3 Å². The first-order valence-corrected chi connectivity index (χ1v) is 9.10. The summed E-state index contributed by atoms with van der Waals surface area (Å²) in [5, 5.41) is 6.66. The Balaban J connectivity index is 1.49. The van der Waals surface area contributed by atoms with Crippen LogP contribution in [0.2, 0.25) is 0 Å². The highest BCUT2D eigenvalue weighted by Crippen LogP contribution is 2.27. The smallest absolute Gasteiger partial charge is 0.244 e. The number of piperidine rings is 1. The Hall–Kier alpha value is -2.76. The van der Waals surface area contributed by atoms with Gasteiger partial charge in [-0.25, -0.2) is 9.67 Å². The molecule has 0 bridgehead atoms. The molecule has 4 rings (SSSR count). The summed E-state index contributed by atoms with van der Waals surface area (Å²) in [6.45, 7) is 5.50. The fourth-order valence-electron chi connectivity index (χ4n) is 3.71. The van der Waals surface area contributed by atoms with Crippen molar-refractivity contribution in [3.8, 4) is 0 Å². The van der Waals surface area contributed by atoms with Crippen molar-refractivity contribution >= 4 is 16.7 Å². The van der Waals surface area contributed by atoms with E-state index >= 15 is 0 Å². The van der Waals surface area contributed by atoms with E-state index in [0.717, 1.165) is 42.8 Å². The van der Waals surface area contributed by atoms with Gasteiger partial charge in [-0.2, -0.15) is 5.10 Å². The molecule has 1 amide bonds. The molecule has 1 aliphatic rings. The van der Waals surface area contributed by atoms with Crippen LogP contribution < -0.4 is 0 Å². The van der Waals surface area contributed by atoms with Gasteiger partial charge in [0.25, 0.3) is 0 Å². The molecule has 3 heterocycles. The molecular weight excluding hydrogens is 326 g/mol. The second-order valence-electron chi connectivity index (χ2n) is 7.00. The van der Waals surface area contributed by atoms with Crippen molar-refractivity contribution in [2.45, 2.75) is 39.2 Å². The molecule has 134 valence electrons. The Kier molecular flexibility index (Phi) is 4.41. The third-order valence-corrected chi connectivity index (χ3v) is 5.09. The maximum absolute atomic E-state index is 12.7. The van der Waals surface area contributed by atoms with Crippen LogP contribution in [0.3, 0.4) is 0 Å². The first-order valence-electron chi connectivity index (χ1n) is 9.10. The van der Waals surface area contributed by atoms with E-state index in [1.807, 2.05) is 37.1 Å². The van der Waals surface area contributed by atoms with E-state index in [2.05, 4.69) is 33.3 Å². The van der Waals surface area contributed by atoms with E-state index < -0.39 is 0 Å². The number of fused-ring (bicyclic) bond motifs is 1. The van der Waals surface area contributed by atoms with Crippen molar-refractivity contribution in [1.29, 1.82) is 0 Å². The number of likely N-dealkylation sites (tertiary alicyclic amines) is 1. The number of carbonyl (C=O) groups excluding carboxylic acids is 1. The summed E-state index contributed by atoms with van der Waals surface area (Å²) in [6, 6.07) is 10.4. The van der Waals surface area contributed by atoms with E-state index in [4.69, 9.17) is 0 Å². The van der Waals surface area contributed by atoms with E-state index in [-0.39, 0.29) is 18.4 Å². The van der Waals surface area contributed by atoms with Gasteiger partial charge < -0.3 is 4.90 Å². The van der Waals surface area contributed by atoms with Crippen LogP contribution in [0.25, 0.3) is 10.8 Å². The van der Waals surface area contributed by atoms with E-state index in [9.17, 15) is 4.79 Å². The quantitative estimate of drug-likeness (QED) is 0.729. The van der Waals surface area contributed by atoms with Gasteiger partial charge in [-0.05, 0) is 38.1 Å². The Morgan fingerprint density at radius 2 is 2.04 bits per heavy atom. The molecule has 3 aromatic rings. The fourth-order valence-corrected chi connectivity index (χ4v) is 3.71. The topological polar surface area (TPSA) is 63.9 Å². The summed E-state index contributed by atoms with van der Waals surface area (Å²) >= 11 is 0. The highest BCUT2D eigenvalue weighted by Gasteiger charge is 2.26. The maximum atomic E-state index is 12.7. The second kappa shape index (κ2) is 6.86. The lowest BCUT2D eigenvalue weighted by Crippen LogP contribution is -2.41. The van der Waals surface area contributed by atoms with Crippen LogP contribution in [0.15, 0.2) is 36.5 Å². The molecule has 6 nitrogen and oxygen atoms in total. The number of carbonyl (C=O) groups is 1. The molecule has 0 saturated carbocycles. The van der Waals surface area contributed by atoms with Crippen LogP contribution in [0, 0.1) is 13.8 Å². The van der Waals surface area contributed by atoms with Crippen molar-refractivity contribution < 1.29 is 4.79 Å². The minimum atomic E-state index is 0.100. The Morgan fingerprint density at radius 1 is 1.23 bits per heavy atom. The van der Waals surface area contributed by atoms with E-state index in [0.29, 0.717) is 5.82 Å². The average molecular weight is 349 g/mol. The number of pyridine rings is 1. The average Bonchev–Trinajstić information content (AvgIpc) is 2.98. The fraction of sp³-hybridized carbons (Fsp3) is 0.400. The molecule has 1 fully saturated rings. The van der Waals surface area contributed by atoms with Crippen LogP contribution >= 0.6 is 0 Å². The third-order valence-electron chi connectivity index (χ3n) is 5.09. The number of aryl methyl sites for hydroxylation is 2. The zero-order valence-electron chi connectivity index (χ0n) is 15.2. The van der Waals surface area contributed by atoms with Gasteiger partial charge in [0.2, 0.25) is 5.91 Å². The van der Waals surface area contributed by atoms with Crippen molar-refractivity contribution in [2.24, 2.45) is 0 Å². The van der Waals surface area contributed by atoms with Gasteiger partial charge in [0, 0.05) is 36.3 Å². The Labute approximate surface area is 152 Å². The van der Waals surface area contributed by atoms with Crippen molar-refractivity contribution in [3.63, 3.8) is 0 Å². The molecule has 6 heteroatoms. The van der Waals surface area contributed by atoms with Crippen molar-refractivity contribution in [2.75, 3.05) is 13.1 Å². The second-order valence-corrected chi connectivity index (χ2v) is 7.00. The molecule has 1 saturated heterocycles. The number of rotatable bonds is 3. The molecule has 0 aliphatic carbocycles. The first-order chi connectivity index (χ1) is 12.6. The third kappa shape index (κ3) is 3.31. The molecule has 2 aromatic heterocycles. The maximum Gasteiger partial charge on any atom is 0.244 e. The summed E-state index contributed by atoms with van der Waals surface area (Å²) in [7, 11) is 0. The van der Waals surface area contributed by atoms with Gasteiger partial charge in [-0.15, -0.1) is 0 Å². The van der Waals surface area contributed by atoms with Gasteiger partial charge in [-0.3, -0.25) is 9.78 Å². The summed E-state index contributed by atoms with van der Waals surface area (Å²) in [5.41, 5.74) is 1.08. The number of hydrogen-bond donors (Lipinski definition) is 0. The Bertz CT molecular complexity index is 948. The molecular formula is C20H23N5O. The number of hydrogen-bond acceptors (Lipinski definition) is 4. The predicted octanol–water partition coefficient (Wildman–Crippen LogP) is 2.85. The van der Waals surface area contributed by atoms with Crippen molar-refractivity contribution in [3.05, 3.63) is 53.9 Å². The molecule has 1 atom stereocenters. The van der Waals surface area contributed by atoms with Crippen molar-refractivity contribution in [1.82, 2.24) is 24.6 Å². The lowest BCUT2D eigenvalue weighted by molar-refractivity contribution is -0.133. The van der Waals surface area contributed by atoms with Crippen LogP contribution in [0.5, 0.6) is 0 Å². The molecule has 0 radical (unpaired) electrons. The van der Waals surface area contributed by atoms with Gasteiger partial charge in [-0.1, -0.05) is 24.3 Å². The zero-order chi connectivity index (χ0) is 18.1. The molecule has 1 aromatic carbocycles. The number of amides is 1. The molecule has 26 heavy (non-hydrogen) atoms. The normalized spacial score (nSPS) is 17.6. The summed E-state index contributed by atoms with van der Waals surface area (Å²) in [6.07, 6.45) is 4.00. The van der Waals surface area contributed by atoms with Crippen LogP contribution in [0.4, 0.5) is 0 Å². The summed E-state index contributed by atoms with van der Waals surface area (Å²) in [4.78, 5) is 23.6. The van der Waals surface area contributed by atoms with E-state index in [1.165, 1.54) is 5.39 Å². The molecule has 1 aliphatic heterocycles. The van der Waals surface area contributed by atoms with Gasteiger partial charge in [0.15, 0.2) is 0 Å². The van der Waals surface area contributed by atoms with Gasteiger partial charge in [0.05, 0.1) is 0 Å². The van der Waals surface area contributed by atoms with Gasteiger partial charge >= 0.3 is 0 Å². The van der Waals surface area contributed by atoms with Crippen LogP contribution in [0.1, 0.15) is 36.1 Å². The van der Waals surface area contributed by atoms with Gasteiger partial charge in [0.1, 0.15) is 18.2 Å². The summed E-state index contributed by atoms with van der Waals surface area (Å²) < 4.78 is 1.69. The lowest BCUT2D eigenvalue weighted by Gasteiger charge is -2.32. The molecule has 0 spiro atoms. The first kappa shape index (κ1) is 16.7. The molecule has 0 N–H and O–H groups in total. The SMILES string of the molecule is Cc1nc(C)n(CC(=O)N2CCC[C@@H](c3cc4ccccc4cn3)C2)n1. The minimum absolute atomic E-state index is 0.100. The Morgan fingerprint density at radius 3 is 2.81 bits per heavy atom. The van der Waals surface area contributed by atoms with E-state index in [1.54, 1.807) is 4.68 Å². The monoisotopic (exact) mass is 349 g/mol. The summed E-state index contributed by atoms with van der Waals surface area (Å²) in [5.74, 6) is 1.87. The number of aromatic nitrogens is 4. The largest absolute Gasteiger partial charge is 0.340 e. The number of benzene rings is 1. The number of nitrogens with zero attached hydrogens (tertiary/aromatic N) is 5. The van der Waals surface area contributed by atoms with Crippen LogP contribution in [-0.4, -0.2) is 43.6 Å². The highest BCUT2D eigenvalue weighted by molar-refractivity contribution is 5.82. The minimum Gasteiger partial charge on any atom is -0.340 e. The standard InChI is InChI=1S/C20H23N5O/c1-14-22-15(2)25(23-14)13-20(26)24-9-5-8-18(12-24)19-10-16-6-3-4-7-17(16)11-21-19/h3-4,6-7,10-11,18H,5,8-9,12-13H2,1-2H3/t18-/m1/s1. The lowest BCUT2D eigenvalue weighted by atomic mass is 9.93. The zero-order valence-corrected chi connectivity index (χ0v) is 15.2.